The van der Waals surface area contributed by atoms with Crippen molar-refractivity contribution in [2.45, 2.75) is 0 Å². The van der Waals surface area contributed by atoms with Gasteiger partial charge >= 0.3 is 0 Å². The van der Waals surface area contributed by atoms with E-state index in [1.165, 1.54) is 18.1 Å². The summed E-state index contributed by atoms with van der Waals surface area (Å²) in [4.78, 5) is 26.4. The molecule has 0 spiro atoms. The molecule has 182 valence electrons. The van der Waals surface area contributed by atoms with Gasteiger partial charge in [0.05, 0.1) is 25.2 Å². The largest absolute Gasteiger partial charge is 0.496 e. The fourth-order valence-electron chi connectivity index (χ4n) is 3.42. The molecule has 1 amide bonds. The summed E-state index contributed by atoms with van der Waals surface area (Å²) in [6, 6.07) is 4.42. The number of rotatable bonds is 5. The third kappa shape index (κ3) is 4.66. The van der Waals surface area contributed by atoms with Crippen LogP contribution in [0.3, 0.4) is 0 Å². The van der Waals surface area contributed by atoms with Crippen LogP contribution < -0.4 is 19.7 Å². The lowest BCUT2D eigenvalue weighted by Crippen LogP contribution is -2.53. The maximum atomic E-state index is 14.2. The minimum Gasteiger partial charge on any atom is -0.496 e. The maximum absolute atomic E-state index is 14.2. The lowest BCUT2D eigenvalue weighted by molar-refractivity contribution is -0.384. The van der Waals surface area contributed by atoms with Crippen molar-refractivity contribution in [3.63, 3.8) is 0 Å². The van der Waals surface area contributed by atoms with Crippen LogP contribution in [-0.2, 0) is 0 Å². The molecule has 1 heterocycles. The number of nitrogens with one attached hydrogen (secondary N) is 1. The van der Waals surface area contributed by atoms with E-state index >= 15 is 0 Å². The number of carbonyl (C=O) groups is 1. The first-order chi connectivity index (χ1) is 16.1. The van der Waals surface area contributed by atoms with Crippen molar-refractivity contribution in [2.75, 3.05) is 45.3 Å². The van der Waals surface area contributed by atoms with Gasteiger partial charge < -0.3 is 19.3 Å². The summed E-state index contributed by atoms with van der Waals surface area (Å²) in [6.45, 7) is 0.909. The Labute approximate surface area is 196 Å². The molecule has 1 aliphatic heterocycles. The molecular formula is C20H18F4N4O5S. The van der Waals surface area contributed by atoms with Crippen molar-refractivity contribution < 1.29 is 36.8 Å². The summed E-state index contributed by atoms with van der Waals surface area (Å²) in [5, 5.41) is 13.3. The highest BCUT2D eigenvalue weighted by Gasteiger charge is 2.32. The first-order valence-electron chi connectivity index (χ1n) is 9.68. The highest BCUT2D eigenvalue weighted by atomic mass is 32.1. The molecule has 0 unspecified atom stereocenters. The molecule has 0 aromatic heterocycles. The second-order valence-corrected chi connectivity index (χ2v) is 7.40. The van der Waals surface area contributed by atoms with Crippen molar-refractivity contribution in [3.05, 3.63) is 57.1 Å². The number of anilines is 1. The monoisotopic (exact) mass is 502 g/mol. The van der Waals surface area contributed by atoms with E-state index in [0.717, 1.165) is 7.11 Å². The molecular weight excluding hydrogens is 484 g/mol. The third-order valence-corrected chi connectivity index (χ3v) is 5.52. The van der Waals surface area contributed by atoms with Crippen LogP contribution in [0.5, 0.6) is 11.5 Å². The van der Waals surface area contributed by atoms with E-state index in [1.807, 2.05) is 0 Å². The molecule has 3 rings (SSSR count). The number of nitrogens with zero attached hydrogens (tertiary/aromatic N) is 3. The Hall–Kier alpha value is -3.68. The van der Waals surface area contributed by atoms with Crippen LogP contribution in [0.4, 0.5) is 28.9 Å². The molecule has 1 aliphatic rings. The topological polar surface area (TPSA) is 97.2 Å². The van der Waals surface area contributed by atoms with Gasteiger partial charge in [-0.2, -0.15) is 8.78 Å². The molecule has 1 N–H and O–H groups in total. The van der Waals surface area contributed by atoms with Gasteiger partial charge in [-0.1, -0.05) is 0 Å². The first-order valence-corrected chi connectivity index (χ1v) is 10.1. The number of methoxy groups -OCH3 is 2. The van der Waals surface area contributed by atoms with E-state index in [9.17, 15) is 32.5 Å². The number of halogens is 4. The van der Waals surface area contributed by atoms with Crippen molar-refractivity contribution >= 4 is 34.6 Å². The number of piperazine rings is 1. The quantitative estimate of drug-likeness (QED) is 0.219. The number of nitro benzene ring substituents is 1. The van der Waals surface area contributed by atoms with Crippen molar-refractivity contribution in [1.82, 2.24) is 10.2 Å². The summed E-state index contributed by atoms with van der Waals surface area (Å²) in [5.74, 6) is -10.0. The zero-order valence-corrected chi connectivity index (χ0v) is 18.7. The predicted octanol–water partition coefficient (Wildman–Crippen LogP) is 3.01. The van der Waals surface area contributed by atoms with Gasteiger partial charge in [-0.3, -0.25) is 20.2 Å². The molecule has 2 aromatic carbocycles. The standard InChI is InChI=1S/C20H18F4N4O5S/c1-32-10-3-4-11(12(9-10)28(30)31)26-5-7-27(8-6-26)20(34)25-19(29)13-14(21)16(23)18(33-2)17(24)15(13)22/h3-4,9H,5-8H2,1-2H3,(H,25,29,34). The number of hydrogen-bond acceptors (Lipinski definition) is 7. The Balaban J connectivity index is 1.71. The number of carbonyl (C=O) groups excluding carboxylic acids is 1. The molecule has 1 fully saturated rings. The van der Waals surface area contributed by atoms with Crippen LogP contribution in [-0.4, -0.2) is 61.2 Å². The van der Waals surface area contributed by atoms with Gasteiger partial charge in [-0.25, -0.2) is 8.78 Å². The number of amides is 1. The Morgan fingerprint density at radius 3 is 2.12 bits per heavy atom. The van der Waals surface area contributed by atoms with Crippen LogP contribution in [0.25, 0.3) is 0 Å². The molecule has 0 radical (unpaired) electrons. The van der Waals surface area contributed by atoms with Crippen LogP contribution >= 0.6 is 12.2 Å². The molecule has 9 nitrogen and oxygen atoms in total. The van der Waals surface area contributed by atoms with E-state index < -0.39 is 45.4 Å². The highest BCUT2D eigenvalue weighted by Crippen LogP contribution is 2.33. The Kier molecular flexibility index (Phi) is 7.39. The van der Waals surface area contributed by atoms with Gasteiger partial charge in [0.1, 0.15) is 17.0 Å². The zero-order valence-electron chi connectivity index (χ0n) is 17.9. The molecule has 0 atom stereocenters. The number of nitro groups is 1. The second-order valence-electron chi connectivity index (χ2n) is 7.01. The Morgan fingerprint density at radius 2 is 1.62 bits per heavy atom. The first kappa shape index (κ1) is 25.0. The maximum Gasteiger partial charge on any atom is 0.296 e. The van der Waals surface area contributed by atoms with Gasteiger partial charge in [-0.15, -0.1) is 0 Å². The van der Waals surface area contributed by atoms with E-state index in [2.05, 4.69) is 10.1 Å². The molecule has 34 heavy (non-hydrogen) atoms. The third-order valence-electron chi connectivity index (χ3n) is 5.16. The molecule has 0 aliphatic carbocycles. The highest BCUT2D eigenvalue weighted by molar-refractivity contribution is 7.80. The van der Waals surface area contributed by atoms with Crippen LogP contribution in [0, 0.1) is 33.4 Å². The number of ether oxygens (including phenoxy) is 2. The fraction of sp³-hybridized carbons (Fsp3) is 0.300. The molecule has 2 aromatic rings. The van der Waals surface area contributed by atoms with Crippen molar-refractivity contribution in [3.8, 4) is 11.5 Å². The van der Waals surface area contributed by atoms with E-state index in [0.29, 0.717) is 11.4 Å². The average molecular weight is 502 g/mol. The minimum atomic E-state index is -1.92. The van der Waals surface area contributed by atoms with Gasteiger partial charge in [0, 0.05) is 26.2 Å². The Morgan fingerprint density at radius 1 is 1.03 bits per heavy atom. The van der Waals surface area contributed by atoms with Gasteiger partial charge in [0.25, 0.3) is 11.6 Å². The van der Waals surface area contributed by atoms with Crippen LogP contribution in [0.1, 0.15) is 10.4 Å². The number of hydrogen-bond donors (Lipinski definition) is 1. The van der Waals surface area contributed by atoms with E-state index in [1.54, 1.807) is 17.0 Å². The van der Waals surface area contributed by atoms with E-state index in [-0.39, 0.29) is 37.0 Å². The minimum absolute atomic E-state index is 0.154. The van der Waals surface area contributed by atoms with Gasteiger partial charge in [-0.05, 0) is 24.4 Å². The summed E-state index contributed by atoms with van der Waals surface area (Å²) in [7, 11) is 2.20. The summed E-state index contributed by atoms with van der Waals surface area (Å²) in [5.41, 5.74) is -1.28. The lowest BCUT2D eigenvalue weighted by atomic mass is 10.1. The normalized spacial score (nSPS) is 13.5. The molecule has 0 saturated carbocycles. The molecule has 0 bridgehead atoms. The predicted molar refractivity (Wildman–Crippen MR) is 116 cm³/mol. The number of benzene rings is 2. The van der Waals surface area contributed by atoms with Gasteiger partial charge in [0.2, 0.25) is 11.6 Å². The smallest absolute Gasteiger partial charge is 0.296 e. The second kappa shape index (κ2) is 10.1. The van der Waals surface area contributed by atoms with Crippen molar-refractivity contribution in [2.24, 2.45) is 0 Å². The van der Waals surface area contributed by atoms with Crippen LogP contribution in [0.15, 0.2) is 18.2 Å². The fourth-order valence-corrected chi connectivity index (χ4v) is 3.70. The number of thiocarbonyl (C=S) groups is 1. The average Bonchev–Trinajstić information content (AvgIpc) is 2.83. The summed E-state index contributed by atoms with van der Waals surface area (Å²) >= 11 is 5.10. The van der Waals surface area contributed by atoms with E-state index in [4.69, 9.17) is 17.0 Å². The Bertz CT molecular complexity index is 1130. The summed E-state index contributed by atoms with van der Waals surface area (Å²) < 4.78 is 65.5. The molecule has 1 saturated heterocycles. The zero-order chi connectivity index (χ0) is 25.2. The molecule has 14 heteroatoms. The van der Waals surface area contributed by atoms with Crippen LogP contribution in [0.2, 0.25) is 0 Å². The lowest BCUT2D eigenvalue weighted by Gasteiger charge is -2.37. The SMILES string of the molecule is COc1ccc(N2CCN(C(=S)NC(=O)c3c(F)c(F)c(OC)c(F)c3F)CC2)c([N+](=O)[O-])c1. The van der Waals surface area contributed by atoms with Gasteiger partial charge in [0.15, 0.2) is 22.5 Å². The summed E-state index contributed by atoms with van der Waals surface area (Å²) in [6.07, 6.45) is 0. The van der Waals surface area contributed by atoms with Crippen molar-refractivity contribution in [1.29, 1.82) is 0 Å².